The Kier molecular flexibility index (Phi) is 4.14. The number of carbonyl (C=O) groups is 1. The Bertz CT molecular complexity index is 595. The molecular formula is C17H16O2. The summed E-state index contributed by atoms with van der Waals surface area (Å²) in [5.74, 6) is 0.785. The molecule has 2 nitrogen and oxygen atoms in total. The fraction of sp³-hybridized carbons (Fsp3) is 0.118. The van der Waals surface area contributed by atoms with Crippen LogP contribution in [0.4, 0.5) is 0 Å². The van der Waals surface area contributed by atoms with Gasteiger partial charge in [0.1, 0.15) is 5.75 Å². The fourth-order valence-corrected chi connectivity index (χ4v) is 1.73. The molecule has 0 aliphatic heterocycles. The van der Waals surface area contributed by atoms with Crippen molar-refractivity contribution in [3.63, 3.8) is 0 Å². The minimum atomic E-state index is 0.00261. The average Bonchev–Trinajstić information content (AvgIpc) is 2.46. The van der Waals surface area contributed by atoms with Crippen molar-refractivity contribution in [1.29, 1.82) is 0 Å². The van der Waals surface area contributed by atoms with Gasteiger partial charge in [-0.1, -0.05) is 48.0 Å². The number of rotatable bonds is 4. The van der Waals surface area contributed by atoms with Gasteiger partial charge in [-0.3, -0.25) is 4.79 Å². The third-order valence-electron chi connectivity index (χ3n) is 2.86. The third kappa shape index (κ3) is 3.55. The Morgan fingerprint density at radius 3 is 2.53 bits per heavy atom. The number of aryl methyl sites for hydroxylation is 1. The van der Waals surface area contributed by atoms with Gasteiger partial charge >= 0.3 is 0 Å². The third-order valence-corrected chi connectivity index (χ3v) is 2.86. The van der Waals surface area contributed by atoms with Crippen molar-refractivity contribution in [2.45, 2.75) is 6.92 Å². The topological polar surface area (TPSA) is 26.3 Å². The summed E-state index contributed by atoms with van der Waals surface area (Å²) in [6.45, 7) is 2.00. The monoisotopic (exact) mass is 252 g/mol. The van der Waals surface area contributed by atoms with E-state index >= 15 is 0 Å². The SMILES string of the molecule is COc1cccc(/C=C/C(=O)c2ccc(C)cc2)c1. The van der Waals surface area contributed by atoms with Crippen LogP contribution in [0.1, 0.15) is 21.5 Å². The maximum Gasteiger partial charge on any atom is 0.185 e. The quantitative estimate of drug-likeness (QED) is 0.609. The molecule has 0 aromatic heterocycles. The van der Waals surface area contributed by atoms with Gasteiger partial charge in [-0.05, 0) is 30.7 Å². The number of hydrogen-bond donors (Lipinski definition) is 0. The van der Waals surface area contributed by atoms with Gasteiger partial charge in [0, 0.05) is 5.56 Å². The van der Waals surface area contributed by atoms with Crippen molar-refractivity contribution in [2.24, 2.45) is 0 Å². The number of allylic oxidation sites excluding steroid dienone is 1. The molecule has 0 bridgehead atoms. The second-order valence-electron chi connectivity index (χ2n) is 4.34. The first kappa shape index (κ1) is 13.1. The minimum absolute atomic E-state index is 0.00261. The number of methoxy groups -OCH3 is 1. The Morgan fingerprint density at radius 1 is 1.11 bits per heavy atom. The zero-order valence-corrected chi connectivity index (χ0v) is 11.1. The van der Waals surface area contributed by atoms with Crippen LogP contribution in [0.2, 0.25) is 0 Å². The van der Waals surface area contributed by atoms with Crippen LogP contribution in [-0.4, -0.2) is 12.9 Å². The van der Waals surface area contributed by atoms with Crippen LogP contribution in [-0.2, 0) is 0 Å². The molecule has 0 radical (unpaired) electrons. The van der Waals surface area contributed by atoms with Gasteiger partial charge in [-0.25, -0.2) is 0 Å². The van der Waals surface area contributed by atoms with E-state index in [-0.39, 0.29) is 5.78 Å². The highest BCUT2D eigenvalue weighted by molar-refractivity contribution is 6.06. The van der Waals surface area contributed by atoms with Gasteiger partial charge in [0.25, 0.3) is 0 Å². The van der Waals surface area contributed by atoms with E-state index in [1.807, 2.05) is 55.5 Å². The van der Waals surface area contributed by atoms with Crippen LogP contribution in [0.15, 0.2) is 54.6 Å². The molecule has 0 saturated carbocycles. The zero-order valence-electron chi connectivity index (χ0n) is 11.1. The largest absolute Gasteiger partial charge is 0.497 e. The number of carbonyl (C=O) groups excluding carboxylic acids is 1. The standard InChI is InChI=1S/C17H16O2/c1-13-6-9-15(10-7-13)17(18)11-8-14-4-3-5-16(12-14)19-2/h3-12H,1-2H3/b11-8+. The molecule has 0 atom stereocenters. The van der Waals surface area contributed by atoms with E-state index in [1.54, 1.807) is 19.3 Å². The molecule has 0 unspecified atom stereocenters. The van der Waals surface area contributed by atoms with Crippen LogP contribution >= 0.6 is 0 Å². The summed E-state index contributed by atoms with van der Waals surface area (Å²) in [6.07, 6.45) is 3.38. The highest BCUT2D eigenvalue weighted by Gasteiger charge is 2.00. The van der Waals surface area contributed by atoms with Crippen LogP contribution in [0.5, 0.6) is 5.75 Å². The molecule has 2 aromatic rings. The molecule has 0 heterocycles. The van der Waals surface area contributed by atoms with Crippen molar-refractivity contribution < 1.29 is 9.53 Å². The average molecular weight is 252 g/mol. The molecule has 0 fully saturated rings. The summed E-state index contributed by atoms with van der Waals surface area (Å²) < 4.78 is 5.14. The summed E-state index contributed by atoms with van der Waals surface area (Å²) in [5.41, 5.74) is 2.79. The molecule has 0 N–H and O–H groups in total. The van der Waals surface area contributed by atoms with E-state index in [4.69, 9.17) is 4.74 Å². The van der Waals surface area contributed by atoms with Gasteiger partial charge < -0.3 is 4.74 Å². The van der Waals surface area contributed by atoms with Crippen molar-refractivity contribution in [1.82, 2.24) is 0 Å². The molecule has 0 saturated heterocycles. The Labute approximate surface area is 113 Å². The van der Waals surface area contributed by atoms with Crippen molar-refractivity contribution in [2.75, 3.05) is 7.11 Å². The Hall–Kier alpha value is -2.35. The second kappa shape index (κ2) is 6.01. The first-order chi connectivity index (χ1) is 9.19. The molecular weight excluding hydrogens is 236 g/mol. The van der Waals surface area contributed by atoms with Gasteiger partial charge in [-0.15, -0.1) is 0 Å². The Morgan fingerprint density at radius 2 is 1.84 bits per heavy atom. The molecule has 19 heavy (non-hydrogen) atoms. The van der Waals surface area contributed by atoms with E-state index in [1.165, 1.54) is 0 Å². The summed E-state index contributed by atoms with van der Waals surface area (Å²) in [4.78, 5) is 12.0. The van der Waals surface area contributed by atoms with E-state index < -0.39 is 0 Å². The van der Waals surface area contributed by atoms with Crippen LogP contribution in [0.3, 0.4) is 0 Å². The van der Waals surface area contributed by atoms with Crippen LogP contribution in [0.25, 0.3) is 6.08 Å². The normalized spacial score (nSPS) is 10.6. The van der Waals surface area contributed by atoms with Gasteiger partial charge in [0.15, 0.2) is 5.78 Å². The molecule has 0 aliphatic carbocycles. The molecule has 0 spiro atoms. The van der Waals surface area contributed by atoms with E-state index in [0.29, 0.717) is 5.56 Å². The summed E-state index contributed by atoms with van der Waals surface area (Å²) in [6, 6.07) is 15.1. The number of ketones is 1. The number of benzene rings is 2. The summed E-state index contributed by atoms with van der Waals surface area (Å²) in [5, 5.41) is 0. The smallest absolute Gasteiger partial charge is 0.185 e. The van der Waals surface area contributed by atoms with Crippen molar-refractivity contribution in [3.8, 4) is 5.75 Å². The predicted molar refractivity (Wildman–Crippen MR) is 77.5 cm³/mol. The molecule has 2 heteroatoms. The van der Waals surface area contributed by atoms with Crippen LogP contribution < -0.4 is 4.74 Å². The lowest BCUT2D eigenvalue weighted by atomic mass is 10.1. The maximum absolute atomic E-state index is 12.0. The molecule has 96 valence electrons. The lowest BCUT2D eigenvalue weighted by Crippen LogP contribution is -1.93. The van der Waals surface area contributed by atoms with Gasteiger partial charge in [0.2, 0.25) is 0 Å². The van der Waals surface area contributed by atoms with Gasteiger partial charge in [-0.2, -0.15) is 0 Å². The first-order valence-corrected chi connectivity index (χ1v) is 6.12. The molecule has 2 rings (SSSR count). The maximum atomic E-state index is 12.0. The van der Waals surface area contributed by atoms with Crippen molar-refractivity contribution in [3.05, 3.63) is 71.3 Å². The number of ether oxygens (including phenoxy) is 1. The predicted octanol–water partition coefficient (Wildman–Crippen LogP) is 3.90. The Balaban J connectivity index is 2.13. The molecule has 0 amide bonds. The van der Waals surface area contributed by atoms with Gasteiger partial charge in [0.05, 0.1) is 7.11 Å². The molecule has 2 aromatic carbocycles. The lowest BCUT2D eigenvalue weighted by Gasteiger charge is -2.00. The zero-order chi connectivity index (χ0) is 13.7. The van der Waals surface area contributed by atoms with E-state index in [9.17, 15) is 4.79 Å². The fourth-order valence-electron chi connectivity index (χ4n) is 1.73. The van der Waals surface area contributed by atoms with E-state index in [2.05, 4.69) is 0 Å². The molecule has 0 aliphatic rings. The highest BCUT2D eigenvalue weighted by Crippen LogP contribution is 2.14. The second-order valence-corrected chi connectivity index (χ2v) is 4.34. The van der Waals surface area contributed by atoms with E-state index in [0.717, 1.165) is 16.9 Å². The van der Waals surface area contributed by atoms with Crippen molar-refractivity contribution >= 4 is 11.9 Å². The highest BCUT2D eigenvalue weighted by atomic mass is 16.5. The number of hydrogen-bond acceptors (Lipinski definition) is 2. The first-order valence-electron chi connectivity index (χ1n) is 6.12. The van der Waals surface area contributed by atoms with Crippen LogP contribution in [0, 0.1) is 6.92 Å². The lowest BCUT2D eigenvalue weighted by molar-refractivity contribution is 0.104. The minimum Gasteiger partial charge on any atom is -0.497 e. The summed E-state index contributed by atoms with van der Waals surface area (Å²) in [7, 11) is 1.63. The summed E-state index contributed by atoms with van der Waals surface area (Å²) >= 11 is 0.